The number of esters is 1. The van der Waals surface area contributed by atoms with Crippen molar-refractivity contribution in [2.45, 2.75) is 6.04 Å². The Bertz CT molecular complexity index is 656. The fourth-order valence-corrected chi connectivity index (χ4v) is 2.36. The number of urea groups is 1. The van der Waals surface area contributed by atoms with Gasteiger partial charge in [0.25, 0.3) is 0 Å². The van der Waals surface area contributed by atoms with Crippen LogP contribution in [0.2, 0.25) is 0 Å². The van der Waals surface area contributed by atoms with E-state index in [0.717, 1.165) is 0 Å². The number of phenolic OH excluding ortho intramolecular Hbond substituents is 1. The predicted molar refractivity (Wildman–Crippen MR) is 82.9 cm³/mol. The van der Waals surface area contributed by atoms with E-state index in [1.807, 2.05) is 0 Å². The van der Waals surface area contributed by atoms with E-state index in [-0.39, 0.29) is 23.8 Å². The Balaban J connectivity index is 2.37. The zero-order valence-electron chi connectivity index (χ0n) is 12.7. The van der Waals surface area contributed by atoms with E-state index in [2.05, 4.69) is 23.8 Å². The van der Waals surface area contributed by atoms with Gasteiger partial charge in [0, 0.05) is 5.70 Å². The molecule has 2 rings (SSSR count). The summed E-state index contributed by atoms with van der Waals surface area (Å²) in [6, 6.07) is 3.40. The normalized spacial score (nSPS) is 20.2. The second-order valence-electron chi connectivity index (χ2n) is 4.93. The molecule has 1 aliphatic rings. The summed E-state index contributed by atoms with van der Waals surface area (Å²) in [6.07, 6.45) is 1.45. The first-order chi connectivity index (χ1) is 11.0. The van der Waals surface area contributed by atoms with Gasteiger partial charge in [0.15, 0.2) is 11.5 Å². The minimum absolute atomic E-state index is 0.0406. The van der Waals surface area contributed by atoms with Crippen LogP contribution < -0.4 is 15.4 Å². The molecule has 7 nitrogen and oxygen atoms in total. The van der Waals surface area contributed by atoms with Gasteiger partial charge in [-0.05, 0) is 17.7 Å². The van der Waals surface area contributed by atoms with Crippen molar-refractivity contribution in [1.29, 1.82) is 0 Å². The highest BCUT2D eigenvalue weighted by Gasteiger charge is 2.39. The maximum absolute atomic E-state index is 12.3. The Morgan fingerprint density at radius 2 is 2.22 bits per heavy atom. The SMILES string of the molecule is C=CCOC(=O)[C@H]1C(=C)NC(=O)N[C@@H]1c1ccc(O)c(OC)c1. The third-order valence-corrected chi connectivity index (χ3v) is 3.43. The van der Waals surface area contributed by atoms with E-state index in [1.54, 1.807) is 12.1 Å². The average Bonchev–Trinajstić information content (AvgIpc) is 2.52. The van der Waals surface area contributed by atoms with Crippen LogP contribution in [0.25, 0.3) is 0 Å². The lowest BCUT2D eigenvalue weighted by atomic mass is 9.89. The molecule has 0 aliphatic carbocycles. The summed E-state index contributed by atoms with van der Waals surface area (Å²) >= 11 is 0. The van der Waals surface area contributed by atoms with Gasteiger partial charge in [0.05, 0.1) is 13.2 Å². The van der Waals surface area contributed by atoms with E-state index < -0.39 is 24.0 Å². The van der Waals surface area contributed by atoms with Gasteiger partial charge >= 0.3 is 12.0 Å². The number of amides is 2. The van der Waals surface area contributed by atoms with Gasteiger partial charge in [-0.3, -0.25) is 4.79 Å². The van der Waals surface area contributed by atoms with Crippen LogP contribution in [0.3, 0.4) is 0 Å². The molecule has 23 heavy (non-hydrogen) atoms. The van der Waals surface area contributed by atoms with Crippen molar-refractivity contribution in [3.8, 4) is 11.5 Å². The van der Waals surface area contributed by atoms with Crippen molar-refractivity contribution in [2.24, 2.45) is 5.92 Å². The number of nitrogens with one attached hydrogen (secondary N) is 2. The van der Waals surface area contributed by atoms with E-state index in [4.69, 9.17) is 9.47 Å². The molecule has 1 heterocycles. The molecule has 1 fully saturated rings. The summed E-state index contributed by atoms with van der Waals surface area (Å²) in [4.78, 5) is 24.0. The molecule has 1 aromatic rings. The number of methoxy groups -OCH3 is 1. The molecular formula is C16H18N2O5. The maximum atomic E-state index is 12.3. The summed E-state index contributed by atoms with van der Waals surface area (Å²) in [6.45, 7) is 7.28. The lowest BCUT2D eigenvalue weighted by Crippen LogP contribution is -2.51. The molecule has 0 saturated carbocycles. The smallest absolute Gasteiger partial charge is 0.319 e. The number of rotatable bonds is 5. The summed E-state index contributed by atoms with van der Waals surface area (Å²) in [7, 11) is 1.41. The fourth-order valence-electron chi connectivity index (χ4n) is 2.36. The van der Waals surface area contributed by atoms with Gasteiger partial charge in [-0.2, -0.15) is 0 Å². The minimum Gasteiger partial charge on any atom is -0.504 e. The second kappa shape index (κ2) is 6.87. The number of phenols is 1. The lowest BCUT2D eigenvalue weighted by Gasteiger charge is -2.33. The van der Waals surface area contributed by atoms with Crippen molar-refractivity contribution < 1.29 is 24.2 Å². The van der Waals surface area contributed by atoms with Crippen molar-refractivity contribution in [1.82, 2.24) is 10.6 Å². The first-order valence-electron chi connectivity index (χ1n) is 6.88. The number of carbonyl (C=O) groups is 2. The van der Waals surface area contributed by atoms with Crippen molar-refractivity contribution in [3.63, 3.8) is 0 Å². The molecule has 0 aromatic heterocycles. The second-order valence-corrected chi connectivity index (χ2v) is 4.93. The zero-order valence-corrected chi connectivity index (χ0v) is 12.7. The maximum Gasteiger partial charge on any atom is 0.319 e. The monoisotopic (exact) mass is 318 g/mol. The van der Waals surface area contributed by atoms with Crippen LogP contribution in [0.15, 0.2) is 43.1 Å². The van der Waals surface area contributed by atoms with Gasteiger partial charge < -0.3 is 25.2 Å². The van der Waals surface area contributed by atoms with Crippen LogP contribution in [0.1, 0.15) is 11.6 Å². The van der Waals surface area contributed by atoms with Crippen LogP contribution in [0.4, 0.5) is 4.79 Å². The number of aromatic hydroxyl groups is 1. The van der Waals surface area contributed by atoms with Crippen LogP contribution in [0, 0.1) is 5.92 Å². The molecule has 122 valence electrons. The molecule has 7 heteroatoms. The predicted octanol–water partition coefficient (Wildman–Crippen LogP) is 1.61. The summed E-state index contributed by atoms with van der Waals surface area (Å²) < 4.78 is 10.1. The molecule has 0 radical (unpaired) electrons. The Morgan fingerprint density at radius 1 is 1.48 bits per heavy atom. The molecule has 1 aromatic carbocycles. The molecule has 0 spiro atoms. The number of benzene rings is 1. The Labute approximate surface area is 133 Å². The number of ether oxygens (including phenoxy) is 2. The zero-order chi connectivity index (χ0) is 17.0. The molecule has 3 N–H and O–H groups in total. The average molecular weight is 318 g/mol. The number of carbonyl (C=O) groups excluding carboxylic acids is 2. The topological polar surface area (TPSA) is 96.9 Å². The van der Waals surface area contributed by atoms with Crippen LogP contribution in [-0.4, -0.2) is 30.8 Å². The summed E-state index contributed by atoms with van der Waals surface area (Å²) in [5.41, 5.74) is 0.816. The van der Waals surface area contributed by atoms with Crippen LogP contribution >= 0.6 is 0 Å². The third kappa shape index (κ3) is 3.45. The van der Waals surface area contributed by atoms with E-state index in [0.29, 0.717) is 5.56 Å². The molecule has 2 atom stereocenters. The minimum atomic E-state index is -0.818. The van der Waals surface area contributed by atoms with E-state index in [9.17, 15) is 14.7 Å². The van der Waals surface area contributed by atoms with Crippen molar-refractivity contribution in [2.75, 3.05) is 13.7 Å². The van der Waals surface area contributed by atoms with E-state index >= 15 is 0 Å². The first kappa shape index (κ1) is 16.4. The van der Waals surface area contributed by atoms with Crippen molar-refractivity contribution >= 4 is 12.0 Å². The highest BCUT2D eigenvalue weighted by atomic mass is 16.5. The highest BCUT2D eigenvalue weighted by Crippen LogP contribution is 2.35. The molecule has 0 bridgehead atoms. The number of hydrogen-bond donors (Lipinski definition) is 3. The van der Waals surface area contributed by atoms with Crippen molar-refractivity contribution in [3.05, 3.63) is 48.7 Å². The molecular weight excluding hydrogens is 300 g/mol. The Morgan fingerprint density at radius 3 is 2.87 bits per heavy atom. The van der Waals surface area contributed by atoms with Gasteiger partial charge in [0.2, 0.25) is 0 Å². The van der Waals surface area contributed by atoms with Gasteiger partial charge in [-0.15, -0.1) is 0 Å². The van der Waals surface area contributed by atoms with Gasteiger partial charge in [0.1, 0.15) is 12.5 Å². The molecule has 0 unspecified atom stereocenters. The molecule has 2 amide bonds. The standard InChI is InChI=1S/C16H18N2O5/c1-4-7-23-15(20)13-9(2)17-16(21)18-14(13)10-5-6-11(19)12(8-10)22-3/h4-6,8,13-14,19H,1-2,7H2,3H3,(H2,17,18,21)/t13-,14+/m0/s1. The summed E-state index contributed by atoms with van der Waals surface area (Å²) in [5, 5.41) is 14.8. The fraction of sp³-hybridized carbons (Fsp3) is 0.250. The first-order valence-corrected chi connectivity index (χ1v) is 6.88. The molecule has 1 aliphatic heterocycles. The quantitative estimate of drug-likeness (QED) is 0.566. The van der Waals surface area contributed by atoms with E-state index in [1.165, 1.54) is 19.3 Å². The Kier molecular flexibility index (Phi) is 4.90. The van der Waals surface area contributed by atoms with Gasteiger partial charge in [-0.25, -0.2) is 4.79 Å². The van der Waals surface area contributed by atoms with Crippen LogP contribution in [-0.2, 0) is 9.53 Å². The third-order valence-electron chi connectivity index (χ3n) is 3.43. The van der Waals surface area contributed by atoms with Crippen LogP contribution in [0.5, 0.6) is 11.5 Å². The Hall–Kier alpha value is -2.96. The lowest BCUT2D eigenvalue weighted by molar-refractivity contribution is -0.147. The summed E-state index contributed by atoms with van der Waals surface area (Å²) in [5.74, 6) is -1.17. The highest BCUT2D eigenvalue weighted by molar-refractivity contribution is 5.85. The van der Waals surface area contributed by atoms with Gasteiger partial charge in [-0.1, -0.05) is 25.3 Å². The molecule has 1 saturated heterocycles. The number of hydrogen-bond acceptors (Lipinski definition) is 5. The largest absolute Gasteiger partial charge is 0.504 e.